The molecule has 0 unspecified atom stereocenters. The minimum atomic E-state index is -0.180. The largest absolute Gasteiger partial charge is 0.489 e. The van der Waals surface area contributed by atoms with Gasteiger partial charge in [0.05, 0.1) is 11.6 Å². The number of carbonyl (C=O) groups is 1. The van der Waals surface area contributed by atoms with E-state index in [4.69, 9.17) is 15.1 Å². The van der Waals surface area contributed by atoms with E-state index in [0.717, 1.165) is 5.56 Å². The molecule has 0 aromatic heterocycles. The molecule has 132 valence electrons. The quantitative estimate of drug-likeness (QED) is 0.787. The summed E-state index contributed by atoms with van der Waals surface area (Å²) in [7, 11) is 0. The Balaban J connectivity index is 1.62. The molecule has 0 fully saturated rings. The Morgan fingerprint density at radius 3 is 2.85 bits per heavy atom. The Hall–Kier alpha value is -3.10. The number of hydrogen-bond acceptors (Lipinski definition) is 4. The number of hydrogen-bond donors (Lipinski definition) is 2. The molecular weight excluding hydrogens is 328 g/mol. The molecule has 0 bridgehead atoms. The highest BCUT2D eigenvalue weighted by Gasteiger charge is 2.20. The zero-order valence-electron chi connectivity index (χ0n) is 14.3. The lowest BCUT2D eigenvalue weighted by atomic mass is 10.1. The van der Waals surface area contributed by atoms with Gasteiger partial charge in [-0.1, -0.05) is 36.4 Å². The molecule has 1 aliphatic carbocycles. The fourth-order valence-corrected chi connectivity index (χ4v) is 2.91. The summed E-state index contributed by atoms with van der Waals surface area (Å²) < 4.78 is 5.75. The molecule has 0 saturated heterocycles. The number of aliphatic hydroxyl groups excluding tert-OH is 1. The Morgan fingerprint density at radius 2 is 2.08 bits per heavy atom. The summed E-state index contributed by atoms with van der Waals surface area (Å²) in [6, 6.07) is 16.3. The summed E-state index contributed by atoms with van der Waals surface area (Å²) in [5.41, 5.74) is 1.89. The van der Waals surface area contributed by atoms with Gasteiger partial charge in [-0.05, 0) is 30.7 Å². The highest BCUT2D eigenvalue weighted by molar-refractivity contribution is 5.94. The van der Waals surface area contributed by atoms with Crippen molar-refractivity contribution < 1.29 is 14.6 Å². The smallest absolute Gasteiger partial charge is 0.251 e. The molecule has 2 aromatic carbocycles. The lowest BCUT2D eigenvalue weighted by molar-refractivity contribution is 0.0940. The highest BCUT2D eigenvalue weighted by Crippen LogP contribution is 2.19. The van der Waals surface area contributed by atoms with Gasteiger partial charge < -0.3 is 15.2 Å². The van der Waals surface area contributed by atoms with Crippen molar-refractivity contribution in [2.75, 3.05) is 6.61 Å². The number of amides is 1. The molecular formula is C21H20N2O3. The van der Waals surface area contributed by atoms with Crippen LogP contribution in [0.5, 0.6) is 5.75 Å². The van der Waals surface area contributed by atoms with Gasteiger partial charge in [0.1, 0.15) is 12.4 Å². The SMILES string of the molecule is N#Cc1ccccc1COc1cccc(C(=O)N[C@@H]2C=C[C@H](CO)C2)c1. The van der Waals surface area contributed by atoms with E-state index >= 15 is 0 Å². The first-order chi connectivity index (χ1) is 12.7. The van der Waals surface area contributed by atoms with Crippen LogP contribution in [-0.2, 0) is 6.61 Å². The predicted molar refractivity (Wildman–Crippen MR) is 97.5 cm³/mol. The molecule has 5 nitrogen and oxygen atoms in total. The van der Waals surface area contributed by atoms with Gasteiger partial charge in [-0.15, -0.1) is 0 Å². The topological polar surface area (TPSA) is 82.3 Å². The second-order valence-corrected chi connectivity index (χ2v) is 6.23. The normalized spacial score (nSPS) is 18.3. The highest BCUT2D eigenvalue weighted by atomic mass is 16.5. The first kappa shape index (κ1) is 17.7. The number of nitrogens with one attached hydrogen (secondary N) is 1. The van der Waals surface area contributed by atoms with Crippen molar-refractivity contribution in [2.24, 2.45) is 5.92 Å². The van der Waals surface area contributed by atoms with E-state index < -0.39 is 0 Å². The van der Waals surface area contributed by atoms with Crippen LogP contribution in [-0.4, -0.2) is 23.7 Å². The number of rotatable bonds is 6. The zero-order valence-corrected chi connectivity index (χ0v) is 14.3. The van der Waals surface area contributed by atoms with E-state index in [0.29, 0.717) is 23.3 Å². The predicted octanol–water partition coefficient (Wildman–Crippen LogP) is 2.80. The van der Waals surface area contributed by atoms with Crippen LogP contribution < -0.4 is 10.1 Å². The molecule has 2 aromatic rings. The number of aliphatic hydroxyl groups is 1. The van der Waals surface area contributed by atoms with Gasteiger partial charge in [-0.2, -0.15) is 5.26 Å². The van der Waals surface area contributed by atoms with Crippen LogP contribution in [0.3, 0.4) is 0 Å². The minimum Gasteiger partial charge on any atom is -0.489 e. The molecule has 5 heteroatoms. The Kier molecular flexibility index (Phi) is 5.67. The lowest BCUT2D eigenvalue weighted by Crippen LogP contribution is -2.32. The fraction of sp³-hybridized carbons (Fsp3) is 0.238. The summed E-state index contributed by atoms with van der Waals surface area (Å²) in [4.78, 5) is 12.4. The zero-order chi connectivity index (χ0) is 18.4. The van der Waals surface area contributed by atoms with E-state index in [1.54, 1.807) is 30.3 Å². The third kappa shape index (κ3) is 4.29. The molecule has 3 rings (SSSR count). The third-order valence-corrected chi connectivity index (χ3v) is 4.35. The molecule has 0 spiro atoms. The fourth-order valence-electron chi connectivity index (χ4n) is 2.91. The van der Waals surface area contributed by atoms with Gasteiger partial charge in [-0.25, -0.2) is 0 Å². The van der Waals surface area contributed by atoms with Crippen molar-refractivity contribution in [2.45, 2.75) is 19.1 Å². The molecule has 0 radical (unpaired) electrons. The van der Waals surface area contributed by atoms with Crippen LogP contribution in [0, 0.1) is 17.2 Å². The summed E-state index contributed by atoms with van der Waals surface area (Å²) in [6.07, 6.45) is 4.55. The van der Waals surface area contributed by atoms with Crippen LogP contribution in [0.25, 0.3) is 0 Å². The van der Waals surface area contributed by atoms with Crippen molar-refractivity contribution in [3.8, 4) is 11.8 Å². The maximum atomic E-state index is 12.4. The summed E-state index contributed by atoms with van der Waals surface area (Å²) in [5.74, 6) is 0.497. The molecule has 1 amide bonds. The third-order valence-electron chi connectivity index (χ3n) is 4.35. The number of carbonyl (C=O) groups excluding carboxylic acids is 1. The van der Waals surface area contributed by atoms with Gasteiger partial charge >= 0.3 is 0 Å². The van der Waals surface area contributed by atoms with Crippen molar-refractivity contribution in [3.63, 3.8) is 0 Å². The molecule has 0 aliphatic heterocycles. The Labute approximate surface area is 152 Å². The van der Waals surface area contributed by atoms with Crippen molar-refractivity contribution in [1.29, 1.82) is 5.26 Å². The summed E-state index contributed by atoms with van der Waals surface area (Å²) >= 11 is 0. The van der Waals surface area contributed by atoms with Crippen LogP contribution in [0.1, 0.15) is 27.9 Å². The maximum absolute atomic E-state index is 12.4. The summed E-state index contributed by atoms with van der Waals surface area (Å²) in [6.45, 7) is 0.356. The van der Waals surface area contributed by atoms with E-state index in [1.807, 2.05) is 30.4 Å². The van der Waals surface area contributed by atoms with Gasteiger partial charge in [0.15, 0.2) is 0 Å². The average molecular weight is 348 g/mol. The van der Waals surface area contributed by atoms with E-state index in [-0.39, 0.29) is 31.1 Å². The number of ether oxygens (including phenoxy) is 1. The van der Waals surface area contributed by atoms with Crippen molar-refractivity contribution >= 4 is 5.91 Å². The molecule has 0 saturated carbocycles. The maximum Gasteiger partial charge on any atom is 0.251 e. The van der Waals surface area contributed by atoms with Crippen LogP contribution in [0.4, 0.5) is 0 Å². The average Bonchev–Trinajstić information content (AvgIpc) is 3.14. The second kappa shape index (κ2) is 8.32. The van der Waals surface area contributed by atoms with E-state index in [1.165, 1.54) is 0 Å². The molecule has 0 heterocycles. The first-order valence-corrected chi connectivity index (χ1v) is 8.50. The lowest BCUT2D eigenvalue weighted by Gasteiger charge is -2.13. The van der Waals surface area contributed by atoms with Gasteiger partial charge in [0.25, 0.3) is 5.91 Å². The van der Waals surface area contributed by atoms with Crippen LogP contribution in [0.2, 0.25) is 0 Å². The second-order valence-electron chi connectivity index (χ2n) is 6.23. The molecule has 1 aliphatic rings. The molecule has 26 heavy (non-hydrogen) atoms. The standard InChI is InChI=1S/C21H20N2O3/c22-12-17-4-1-2-5-18(17)14-26-20-7-3-6-16(11-20)21(25)23-19-9-8-15(10-19)13-24/h1-9,11,15,19,24H,10,13-14H2,(H,23,25)/t15-,19+/m0/s1. The van der Waals surface area contributed by atoms with E-state index in [9.17, 15) is 4.79 Å². The Morgan fingerprint density at radius 1 is 1.23 bits per heavy atom. The van der Waals surface area contributed by atoms with Crippen LogP contribution >= 0.6 is 0 Å². The first-order valence-electron chi connectivity index (χ1n) is 8.50. The van der Waals surface area contributed by atoms with Gasteiger partial charge in [-0.3, -0.25) is 4.79 Å². The Bertz CT molecular complexity index is 854. The molecule has 2 atom stereocenters. The summed E-state index contributed by atoms with van der Waals surface area (Å²) in [5, 5.41) is 21.2. The minimum absolute atomic E-state index is 0.0632. The van der Waals surface area contributed by atoms with Crippen molar-refractivity contribution in [3.05, 3.63) is 77.4 Å². The van der Waals surface area contributed by atoms with E-state index in [2.05, 4.69) is 11.4 Å². The number of nitrogens with zero attached hydrogens (tertiary/aromatic N) is 1. The number of benzene rings is 2. The van der Waals surface area contributed by atoms with Crippen LogP contribution in [0.15, 0.2) is 60.7 Å². The monoisotopic (exact) mass is 348 g/mol. The van der Waals surface area contributed by atoms with Gasteiger partial charge in [0.2, 0.25) is 0 Å². The number of nitriles is 1. The molecule has 2 N–H and O–H groups in total. The van der Waals surface area contributed by atoms with Crippen molar-refractivity contribution in [1.82, 2.24) is 5.32 Å². The van der Waals surface area contributed by atoms with Gasteiger partial charge in [0, 0.05) is 29.7 Å².